The maximum absolute atomic E-state index is 6.01. The van der Waals surface area contributed by atoms with Gasteiger partial charge in [-0.2, -0.15) is 0 Å². The van der Waals surface area contributed by atoms with Crippen LogP contribution in [-0.4, -0.2) is 25.6 Å². The van der Waals surface area contributed by atoms with Gasteiger partial charge < -0.3 is 11.1 Å². The van der Waals surface area contributed by atoms with Gasteiger partial charge in [-0.3, -0.25) is 4.40 Å². The highest BCUT2D eigenvalue weighted by atomic mass is 32.1. The maximum atomic E-state index is 6.01. The minimum absolute atomic E-state index is 0.342. The van der Waals surface area contributed by atoms with Crippen LogP contribution in [0.5, 0.6) is 0 Å². The maximum Gasteiger partial charge on any atom is 0.226 e. The number of fused-ring (bicyclic) bond motifs is 1. The fourth-order valence-electron chi connectivity index (χ4n) is 2.70. The molecule has 3 heterocycles. The van der Waals surface area contributed by atoms with Gasteiger partial charge in [-0.15, -0.1) is 10.2 Å². The van der Waals surface area contributed by atoms with Crippen LogP contribution in [0.3, 0.4) is 0 Å². The molecule has 7 heteroatoms. The molecule has 3 aromatic heterocycles. The summed E-state index contributed by atoms with van der Waals surface area (Å²) in [7, 11) is 0. The molecule has 0 unspecified atom stereocenters. The highest BCUT2D eigenvalue weighted by Gasteiger charge is 2.14. The highest BCUT2D eigenvalue weighted by molar-refractivity contribution is 7.18. The van der Waals surface area contributed by atoms with E-state index in [9.17, 15) is 0 Å². The summed E-state index contributed by atoms with van der Waals surface area (Å²) in [6.45, 7) is 4.19. The van der Waals surface area contributed by atoms with Crippen molar-refractivity contribution in [1.29, 1.82) is 0 Å². The zero-order valence-corrected chi connectivity index (χ0v) is 14.8. The molecule has 126 valence electrons. The first-order valence-corrected chi connectivity index (χ1v) is 8.86. The Morgan fingerprint density at radius 1 is 1.12 bits per heavy atom. The van der Waals surface area contributed by atoms with Gasteiger partial charge in [-0.1, -0.05) is 41.7 Å². The second-order valence-corrected chi connectivity index (χ2v) is 7.12. The molecule has 0 aliphatic carbocycles. The van der Waals surface area contributed by atoms with Crippen LogP contribution in [-0.2, 0) is 0 Å². The van der Waals surface area contributed by atoms with Crippen molar-refractivity contribution >= 4 is 28.1 Å². The van der Waals surface area contributed by atoms with E-state index in [-0.39, 0.29) is 0 Å². The molecule has 0 saturated carbocycles. The van der Waals surface area contributed by atoms with E-state index < -0.39 is 0 Å². The van der Waals surface area contributed by atoms with Crippen LogP contribution >= 0.6 is 11.3 Å². The van der Waals surface area contributed by atoms with Crippen molar-refractivity contribution in [3.05, 3.63) is 48.8 Å². The molecular formula is C18H18N6S. The van der Waals surface area contributed by atoms with Gasteiger partial charge in [-0.05, 0) is 25.5 Å². The number of hydrogen-bond donors (Lipinski definition) is 2. The largest absolute Gasteiger partial charge is 0.368 e. The Labute approximate surface area is 149 Å². The van der Waals surface area contributed by atoms with Gasteiger partial charge >= 0.3 is 0 Å². The molecule has 1 aromatic carbocycles. The number of nitrogens with one attached hydrogen (secondary N) is 1. The van der Waals surface area contributed by atoms with E-state index in [1.165, 1.54) is 0 Å². The molecule has 6 nitrogen and oxygen atoms in total. The minimum Gasteiger partial charge on any atom is -0.368 e. The monoisotopic (exact) mass is 350 g/mol. The molecule has 0 aliphatic rings. The number of pyridine rings is 1. The smallest absolute Gasteiger partial charge is 0.226 e. The predicted molar refractivity (Wildman–Crippen MR) is 103 cm³/mol. The molecule has 4 rings (SSSR count). The van der Waals surface area contributed by atoms with Crippen molar-refractivity contribution in [1.82, 2.24) is 19.6 Å². The number of nitrogens with zero attached hydrogens (tertiary/aromatic N) is 4. The third kappa shape index (κ3) is 2.94. The standard InChI is InChI=1S/C18H18N6S/c1-11(2)21-18-20-9-15(25-18)13-8-14(12-6-4-3-5-7-12)16-22-23-17(19)24(16)10-13/h3-11H,1-2H3,(H2,19,23)(H,20,21). The first kappa shape index (κ1) is 15.6. The zero-order valence-electron chi connectivity index (χ0n) is 14.0. The van der Waals surface area contributed by atoms with Crippen LogP contribution < -0.4 is 11.1 Å². The van der Waals surface area contributed by atoms with Gasteiger partial charge in [0.2, 0.25) is 5.95 Å². The normalized spacial score (nSPS) is 11.3. The average molecular weight is 350 g/mol. The van der Waals surface area contributed by atoms with E-state index in [1.54, 1.807) is 11.3 Å². The third-order valence-electron chi connectivity index (χ3n) is 3.82. The predicted octanol–water partition coefficient (Wildman–Crippen LogP) is 3.92. The van der Waals surface area contributed by atoms with Crippen molar-refractivity contribution in [2.45, 2.75) is 19.9 Å². The van der Waals surface area contributed by atoms with Gasteiger partial charge in [0.15, 0.2) is 10.8 Å². The number of benzene rings is 1. The quantitative estimate of drug-likeness (QED) is 0.583. The number of rotatable bonds is 4. The van der Waals surface area contributed by atoms with Crippen LogP contribution in [0.4, 0.5) is 11.1 Å². The van der Waals surface area contributed by atoms with Crippen molar-refractivity contribution < 1.29 is 0 Å². The minimum atomic E-state index is 0.342. The van der Waals surface area contributed by atoms with E-state index in [0.29, 0.717) is 12.0 Å². The van der Waals surface area contributed by atoms with Gasteiger partial charge in [0.25, 0.3) is 0 Å². The molecule has 3 N–H and O–H groups in total. The Bertz CT molecular complexity index is 1020. The summed E-state index contributed by atoms with van der Waals surface area (Å²) in [6, 6.07) is 12.6. The molecule has 25 heavy (non-hydrogen) atoms. The molecule has 0 atom stereocenters. The van der Waals surface area contributed by atoms with Crippen LogP contribution in [0.25, 0.3) is 27.2 Å². The van der Waals surface area contributed by atoms with Gasteiger partial charge in [0.1, 0.15) is 0 Å². The first-order valence-electron chi connectivity index (χ1n) is 8.04. The molecule has 0 bridgehead atoms. The van der Waals surface area contributed by atoms with E-state index in [0.717, 1.165) is 32.3 Å². The Morgan fingerprint density at radius 2 is 1.92 bits per heavy atom. The molecule has 0 amide bonds. The lowest BCUT2D eigenvalue weighted by atomic mass is 10.0. The number of thiazole rings is 1. The summed E-state index contributed by atoms with van der Waals surface area (Å²) >= 11 is 1.62. The summed E-state index contributed by atoms with van der Waals surface area (Å²) in [5.74, 6) is 0.374. The Kier molecular flexibility index (Phi) is 3.85. The number of anilines is 2. The van der Waals surface area contributed by atoms with E-state index in [4.69, 9.17) is 5.73 Å². The number of hydrogen-bond acceptors (Lipinski definition) is 6. The van der Waals surface area contributed by atoms with E-state index >= 15 is 0 Å². The highest BCUT2D eigenvalue weighted by Crippen LogP contribution is 2.34. The fraction of sp³-hybridized carbons (Fsp3) is 0.167. The topological polar surface area (TPSA) is 81.1 Å². The third-order valence-corrected chi connectivity index (χ3v) is 4.80. The van der Waals surface area contributed by atoms with Crippen LogP contribution in [0.2, 0.25) is 0 Å². The van der Waals surface area contributed by atoms with E-state index in [1.807, 2.05) is 35.0 Å². The second kappa shape index (κ2) is 6.18. The molecule has 4 aromatic rings. The molecule has 0 aliphatic heterocycles. The fourth-order valence-corrected chi connectivity index (χ4v) is 3.64. The lowest BCUT2D eigenvalue weighted by Gasteiger charge is -2.07. The van der Waals surface area contributed by atoms with E-state index in [2.05, 4.69) is 52.5 Å². The van der Waals surface area contributed by atoms with Gasteiger partial charge in [0.05, 0.1) is 4.88 Å². The molecular weight excluding hydrogens is 332 g/mol. The summed E-state index contributed by atoms with van der Waals surface area (Å²) < 4.78 is 1.83. The lowest BCUT2D eigenvalue weighted by Crippen LogP contribution is -2.08. The summed E-state index contributed by atoms with van der Waals surface area (Å²) in [5.41, 5.74) is 9.86. The molecule has 0 fully saturated rings. The Balaban J connectivity index is 1.87. The Hall–Kier alpha value is -2.93. The number of aromatic nitrogens is 4. The first-order chi connectivity index (χ1) is 12.1. The molecule has 0 radical (unpaired) electrons. The number of nitrogens with two attached hydrogens (primary N) is 1. The van der Waals surface area contributed by atoms with Crippen LogP contribution in [0.15, 0.2) is 48.8 Å². The Morgan fingerprint density at radius 3 is 2.68 bits per heavy atom. The van der Waals surface area contributed by atoms with Gasteiger partial charge in [-0.25, -0.2) is 4.98 Å². The average Bonchev–Trinajstić information content (AvgIpc) is 3.22. The van der Waals surface area contributed by atoms with Crippen molar-refractivity contribution in [3.8, 4) is 21.6 Å². The summed E-state index contributed by atoms with van der Waals surface area (Å²) in [5, 5.41) is 12.5. The SMILES string of the molecule is CC(C)Nc1ncc(-c2cc(-c3ccccc3)c3nnc(N)n3c2)s1. The zero-order chi connectivity index (χ0) is 17.4. The number of nitrogen functional groups attached to an aromatic ring is 1. The molecule has 0 saturated heterocycles. The van der Waals surface area contributed by atoms with Crippen molar-refractivity contribution in [3.63, 3.8) is 0 Å². The van der Waals surface area contributed by atoms with Gasteiger partial charge in [0, 0.05) is 29.6 Å². The lowest BCUT2D eigenvalue weighted by molar-refractivity contribution is 0.896. The summed E-state index contributed by atoms with van der Waals surface area (Å²) in [4.78, 5) is 5.53. The summed E-state index contributed by atoms with van der Waals surface area (Å²) in [6.07, 6.45) is 3.84. The van der Waals surface area contributed by atoms with Crippen LogP contribution in [0, 0.1) is 0 Å². The van der Waals surface area contributed by atoms with Crippen molar-refractivity contribution in [2.75, 3.05) is 11.1 Å². The van der Waals surface area contributed by atoms with Crippen LogP contribution in [0.1, 0.15) is 13.8 Å². The molecule has 0 spiro atoms. The van der Waals surface area contributed by atoms with Crippen molar-refractivity contribution in [2.24, 2.45) is 0 Å². The second-order valence-electron chi connectivity index (χ2n) is 6.09.